The van der Waals surface area contributed by atoms with Gasteiger partial charge in [0, 0.05) is 18.5 Å². The maximum absolute atomic E-state index is 12.3. The van der Waals surface area contributed by atoms with Crippen LogP contribution in [0.5, 0.6) is 0 Å². The molecule has 0 bridgehead atoms. The Hall–Kier alpha value is -2.38. The molecule has 1 fully saturated rings. The van der Waals surface area contributed by atoms with E-state index < -0.39 is 5.97 Å². The van der Waals surface area contributed by atoms with Gasteiger partial charge in [-0.2, -0.15) is 5.10 Å². The van der Waals surface area contributed by atoms with E-state index in [-0.39, 0.29) is 31.3 Å². The first kappa shape index (κ1) is 19.9. The first-order valence-corrected chi connectivity index (χ1v) is 8.38. The Labute approximate surface area is 158 Å². The second-order valence-corrected chi connectivity index (χ2v) is 6.41. The number of hydrogen-bond acceptors (Lipinski definition) is 4. The number of amides is 1. The highest BCUT2D eigenvalue weighted by Gasteiger charge is 2.28. The number of rotatable bonds is 8. The molecule has 3 rings (SSSR count). The molecule has 0 unspecified atom stereocenters. The summed E-state index contributed by atoms with van der Waals surface area (Å²) in [6.07, 6.45) is 2.28. The molecule has 8 heteroatoms. The Morgan fingerprint density at radius 3 is 2.62 bits per heavy atom. The molecule has 26 heavy (non-hydrogen) atoms. The van der Waals surface area contributed by atoms with Gasteiger partial charge in [-0.1, -0.05) is 18.2 Å². The van der Waals surface area contributed by atoms with Gasteiger partial charge in [0.2, 0.25) is 5.91 Å². The van der Waals surface area contributed by atoms with Gasteiger partial charge in [-0.15, -0.1) is 12.4 Å². The fourth-order valence-corrected chi connectivity index (χ4v) is 2.63. The number of nitrogens with one attached hydrogen (secondary N) is 1. The van der Waals surface area contributed by atoms with E-state index in [9.17, 15) is 9.59 Å². The molecule has 1 aliphatic carbocycles. The fraction of sp³-hybridized carbons (Fsp3) is 0.389. The van der Waals surface area contributed by atoms with Crippen LogP contribution >= 0.6 is 12.4 Å². The van der Waals surface area contributed by atoms with Gasteiger partial charge in [0.1, 0.15) is 5.82 Å². The highest BCUT2D eigenvalue weighted by molar-refractivity contribution is 5.91. The van der Waals surface area contributed by atoms with E-state index in [1.807, 2.05) is 36.4 Å². The van der Waals surface area contributed by atoms with Crippen molar-refractivity contribution in [3.63, 3.8) is 0 Å². The van der Waals surface area contributed by atoms with Crippen LogP contribution in [-0.4, -0.2) is 51.8 Å². The molecule has 0 saturated heterocycles. The quantitative estimate of drug-likeness (QED) is 0.737. The average Bonchev–Trinajstić information content (AvgIpc) is 3.35. The molecule has 1 amide bonds. The molecule has 0 atom stereocenters. The molecule has 7 nitrogen and oxygen atoms in total. The van der Waals surface area contributed by atoms with Crippen molar-refractivity contribution >= 4 is 30.1 Å². The van der Waals surface area contributed by atoms with Gasteiger partial charge >= 0.3 is 5.97 Å². The van der Waals surface area contributed by atoms with Crippen LogP contribution in [0.1, 0.15) is 30.9 Å². The molecule has 0 radical (unpaired) electrons. The number of nitrogens with zero attached hydrogens (tertiary/aromatic N) is 3. The SMILES string of the molecule is CN(CCC(=O)O)CC(=O)Nc1cc(C2CC2)nn1-c1ccccc1.Cl. The van der Waals surface area contributed by atoms with Crippen molar-refractivity contribution in [1.29, 1.82) is 0 Å². The molecule has 0 aliphatic heterocycles. The number of likely N-dealkylation sites (N-methyl/N-ethyl adjacent to an activating group) is 1. The second-order valence-electron chi connectivity index (χ2n) is 6.41. The van der Waals surface area contributed by atoms with Gasteiger partial charge in [0.05, 0.1) is 24.3 Å². The third-order valence-electron chi connectivity index (χ3n) is 4.11. The van der Waals surface area contributed by atoms with Crippen LogP contribution in [0.4, 0.5) is 5.82 Å². The number of carboxylic acid groups (broad SMARTS) is 1. The molecule has 1 aliphatic rings. The Balaban J connectivity index is 0.00000243. The lowest BCUT2D eigenvalue weighted by Gasteiger charge is -2.15. The predicted octanol–water partition coefficient (Wildman–Crippen LogP) is 2.52. The van der Waals surface area contributed by atoms with Gasteiger partial charge in [0.15, 0.2) is 0 Å². The number of carbonyl (C=O) groups excluding carboxylic acids is 1. The summed E-state index contributed by atoms with van der Waals surface area (Å²) in [7, 11) is 1.73. The number of aliphatic carboxylic acids is 1. The molecule has 2 aromatic rings. The zero-order valence-electron chi connectivity index (χ0n) is 14.6. The van der Waals surface area contributed by atoms with Crippen molar-refractivity contribution < 1.29 is 14.7 Å². The summed E-state index contributed by atoms with van der Waals surface area (Å²) in [6.45, 7) is 0.458. The largest absolute Gasteiger partial charge is 0.481 e. The van der Waals surface area contributed by atoms with Crippen LogP contribution in [0.3, 0.4) is 0 Å². The van der Waals surface area contributed by atoms with Gasteiger partial charge in [-0.05, 0) is 32.0 Å². The van der Waals surface area contributed by atoms with E-state index in [0.717, 1.165) is 24.2 Å². The van der Waals surface area contributed by atoms with Crippen molar-refractivity contribution in [3.05, 3.63) is 42.1 Å². The normalized spacial score (nSPS) is 13.3. The second kappa shape index (κ2) is 8.82. The Bertz CT molecular complexity index is 759. The molecule has 1 saturated carbocycles. The van der Waals surface area contributed by atoms with Gasteiger partial charge in [0.25, 0.3) is 0 Å². The van der Waals surface area contributed by atoms with Gasteiger partial charge < -0.3 is 10.4 Å². The predicted molar refractivity (Wildman–Crippen MR) is 101 cm³/mol. The Kier molecular flexibility index (Phi) is 6.76. The minimum atomic E-state index is -0.872. The topological polar surface area (TPSA) is 87.5 Å². The number of aromatic nitrogens is 2. The first-order chi connectivity index (χ1) is 12.0. The number of halogens is 1. The number of anilines is 1. The third kappa shape index (κ3) is 5.31. The van der Waals surface area contributed by atoms with E-state index in [4.69, 9.17) is 5.11 Å². The number of hydrogen-bond donors (Lipinski definition) is 2. The van der Waals surface area contributed by atoms with E-state index in [1.165, 1.54) is 0 Å². The summed E-state index contributed by atoms with van der Waals surface area (Å²) in [6, 6.07) is 11.6. The van der Waals surface area contributed by atoms with Crippen molar-refractivity contribution in [2.45, 2.75) is 25.2 Å². The maximum Gasteiger partial charge on any atom is 0.304 e. The summed E-state index contributed by atoms with van der Waals surface area (Å²) in [4.78, 5) is 24.6. The van der Waals surface area contributed by atoms with Crippen molar-refractivity contribution in [1.82, 2.24) is 14.7 Å². The lowest BCUT2D eigenvalue weighted by molar-refractivity contribution is -0.137. The van der Waals surface area contributed by atoms with Gasteiger partial charge in [-0.3, -0.25) is 14.5 Å². The van der Waals surface area contributed by atoms with Crippen LogP contribution in [0.2, 0.25) is 0 Å². The average molecular weight is 379 g/mol. The zero-order chi connectivity index (χ0) is 17.8. The third-order valence-corrected chi connectivity index (χ3v) is 4.11. The molecule has 0 spiro atoms. The van der Waals surface area contributed by atoms with Crippen LogP contribution in [0, 0.1) is 0 Å². The zero-order valence-corrected chi connectivity index (χ0v) is 15.4. The van der Waals surface area contributed by atoms with E-state index in [0.29, 0.717) is 18.3 Å². The van der Waals surface area contributed by atoms with Crippen LogP contribution in [0.15, 0.2) is 36.4 Å². The monoisotopic (exact) mass is 378 g/mol. The first-order valence-electron chi connectivity index (χ1n) is 8.38. The highest BCUT2D eigenvalue weighted by atomic mass is 35.5. The highest BCUT2D eigenvalue weighted by Crippen LogP contribution is 2.40. The number of benzene rings is 1. The maximum atomic E-state index is 12.3. The smallest absolute Gasteiger partial charge is 0.304 e. The van der Waals surface area contributed by atoms with E-state index >= 15 is 0 Å². The molecular weight excluding hydrogens is 356 g/mol. The molecule has 1 aromatic carbocycles. The van der Waals surface area contributed by atoms with Crippen molar-refractivity contribution in [3.8, 4) is 5.69 Å². The summed E-state index contributed by atoms with van der Waals surface area (Å²) >= 11 is 0. The lowest BCUT2D eigenvalue weighted by Crippen LogP contribution is -2.32. The minimum Gasteiger partial charge on any atom is -0.481 e. The summed E-state index contributed by atoms with van der Waals surface area (Å²) in [5.74, 6) is 0.0689. The summed E-state index contributed by atoms with van der Waals surface area (Å²) < 4.78 is 1.75. The Morgan fingerprint density at radius 2 is 2.00 bits per heavy atom. The standard InChI is InChI=1S/C18H22N4O3.ClH/c1-21(10-9-18(24)25)12-17(23)19-16-11-15(13-7-8-13)20-22(16)14-5-3-2-4-6-14;/h2-6,11,13H,7-10,12H2,1H3,(H,19,23)(H,24,25);1H. The van der Waals surface area contributed by atoms with Crippen LogP contribution in [-0.2, 0) is 9.59 Å². The minimum absolute atomic E-state index is 0. The molecule has 1 aromatic heterocycles. The number of carboxylic acids is 1. The van der Waals surface area contributed by atoms with Crippen molar-refractivity contribution in [2.24, 2.45) is 0 Å². The van der Waals surface area contributed by atoms with E-state index in [1.54, 1.807) is 16.6 Å². The Morgan fingerprint density at radius 1 is 1.31 bits per heavy atom. The van der Waals surface area contributed by atoms with Crippen LogP contribution < -0.4 is 5.32 Å². The summed E-state index contributed by atoms with van der Waals surface area (Å²) in [5, 5.41) is 16.3. The molecule has 1 heterocycles. The summed E-state index contributed by atoms with van der Waals surface area (Å²) in [5.41, 5.74) is 1.89. The molecular formula is C18H23ClN4O3. The number of para-hydroxylation sites is 1. The number of carbonyl (C=O) groups is 2. The van der Waals surface area contributed by atoms with Gasteiger partial charge in [-0.25, -0.2) is 4.68 Å². The fourth-order valence-electron chi connectivity index (χ4n) is 2.63. The molecule has 2 N–H and O–H groups in total. The molecule has 140 valence electrons. The van der Waals surface area contributed by atoms with E-state index in [2.05, 4.69) is 10.4 Å². The lowest BCUT2D eigenvalue weighted by atomic mass is 10.3. The van der Waals surface area contributed by atoms with Crippen molar-refractivity contribution in [2.75, 3.05) is 25.5 Å². The van der Waals surface area contributed by atoms with Crippen LogP contribution in [0.25, 0.3) is 5.69 Å².